The highest BCUT2D eigenvalue weighted by Crippen LogP contribution is 2.34. The number of hydrogen-bond donors (Lipinski definition) is 2. The predicted molar refractivity (Wildman–Crippen MR) is 84.9 cm³/mol. The van der Waals surface area contributed by atoms with Gasteiger partial charge in [0.2, 0.25) is 0 Å². The van der Waals surface area contributed by atoms with Crippen LogP contribution in [0.2, 0.25) is 0 Å². The molecular weight excluding hydrogens is 278 g/mol. The van der Waals surface area contributed by atoms with Gasteiger partial charge in [0.25, 0.3) is 11.8 Å². The van der Waals surface area contributed by atoms with Gasteiger partial charge in [-0.25, -0.2) is 0 Å². The monoisotopic (exact) mass is 297 g/mol. The van der Waals surface area contributed by atoms with E-state index in [9.17, 15) is 9.59 Å². The number of anilines is 1. The fourth-order valence-electron chi connectivity index (χ4n) is 3.08. The van der Waals surface area contributed by atoms with Gasteiger partial charge < -0.3 is 15.6 Å². The van der Waals surface area contributed by atoms with E-state index in [0.29, 0.717) is 17.1 Å². The minimum absolute atomic E-state index is 0.186. The summed E-state index contributed by atoms with van der Waals surface area (Å²) in [4.78, 5) is 24.0. The van der Waals surface area contributed by atoms with E-state index in [1.807, 2.05) is 22.8 Å². The molecule has 1 saturated carbocycles. The Morgan fingerprint density at radius 3 is 2.36 bits per heavy atom. The summed E-state index contributed by atoms with van der Waals surface area (Å²) >= 11 is 0. The molecule has 2 amide bonds. The minimum atomic E-state index is -0.466. The normalized spacial score (nSPS) is 14.9. The van der Waals surface area contributed by atoms with Crippen molar-refractivity contribution in [2.24, 2.45) is 5.73 Å². The number of nitrogens with zero attached hydrogens (tertiary/aromatic N) is 1. The first-order valence-electron chi connectivity index (χ1n) is 7.54. The molecule has 0 spiro atoms. The highest BCUT2D eigenvalue weighted by molar-refractivity contribution is 6.04. The Hall–Kier alpha value is -2.56. The van der Waals surface area contributed by atoms with Crippen molar-refractivity contribution in [3.05, 3.63) is 53.7 Å². The lowest BCUT2D eigenvalue weighted by Gasteiger charge is -2.19. The Labute approximate surface area is 129 Å². The van der Waals surface area contributed by atoms with Crippen LogP contribution in [0.4, 0.5) is 5.82 Å². The van der Waals surface area contributed by atoms with Gasteiger partial charge in [0.1, 0.15) is 11.5 Å². The van der Waals surface area contributed by atoms with Gasteiger partial charge in [-0.15, -0.1) is 0 Å². The van der Waals surface area contributed by atoms with E-state index in [-0.39, 0.29) is 11.9 Å². The summed E-state index contributed by atoms with van der Waals surface area (Å²) in [5.74, 6) is -0.0179. The van der Waals surface area contributed by atoms with Crippen LogP contribution in [0, 0.1) is 0 Å². The van der Waals surface area contributed by atoms with Crippen LogP contribution >= 0.6 is 0 Å². The van der Waals surface area contributed by atoms with Gasteiger partial charge in [-0.2, -0.15) is 0 Å². The van der Waals surface area contributed by atoms with E-state index in [2.05, 4.69) is 5.32 Å². The molecule has 0 saturated heterocycles. The molecule has 5 heteroatoms. The van der Waals surface area contributed by atoms with E-state index in [0.717, 1.165) is 25.7 Å². The van der Waals surface area contributed by atoms with Crippen molar-refractivity contribution in [3.63, 3.8) is 0 Å². The lowest BCUT2D eigenvalue weighted by Crippen LogP contribution is -2.22. The van der Waals surface area contributed by atoms with Crippen molar-refractivity contribution < 1.29 is 9.59 Å². The second-order valence-electron chi connectivity index (χ2n) is 5.60. The molecule has 1 heterocycles. The summed E-state index contributed by atoms with van der Waals surface area (Å²) in [6.07, 6.45) is 4.27. The van der Waals surface area contributed by atoms with Gasteiger partial charge in [-0.05, 0) is 37.1 Å². The third-order valence-electron chi connectivity index (χ3n) is 4.14. The summed E-state index contributed by atoms with van der Waals surface area (Å²) in [5, 5.41) is 2.90. The zero-order valence-corrected chi connectivity index (χ0v) is 12.3. The molecule has 1 aromatic carbocycles. The van der Waals surface area contributed by atoms with Crippen LogP contribution < -0.4 is 11.1 Å². The smallest absolute Gasteiger partial charge is 0.265 e. The number of aromatic nitrogens is 1. The Bertz CT molecular complexity index is 685. The fraction of sp³-hybridized carbons (Fsp3) is 0.294. The molecule has 0 radical (unpaired) electrons. The van der Waals surface area contributed by atoms with Gasteiger partial charge in [0.05, 0.1) is 0 Å². The average molecular weight is 297 g/mol. The standard InChI is InChI=1S/C17H19N3O2/c18-16(21)14-10-11-15(20(14)13-8-4-5-9-13)19-17(22)12-6-2-1-3-7-12/h1-3,6-7,10-11,13H,4-5,8-9H2,(H2,18,21)(H,19,22). The number of amides is 2. The molecule has 114 valence electrons. The van der Waals surface area contributed by atoms with Crippen LogP contribution in [0.15, 0.2) is 42.5 Å². The van der Waals surface area contributed by atoms with Gasteiger partial charge in [0.15, 0.2) is 0 Å². The van der Waals surface area contributed by atoms with Crippen molar-refractivity contribution in [2.75, 3.05) is 5.32 Å². The zero-order valence-electron chi connectivity index (χ0n) is 12.3. The number of benzene rings is 1. The van der Waals surface area contributed by atoms with Crippen molar-refractivity contribution in [3.8, 4) is 0 Å². The van der Waals surface area contributed by atoms with Crippen molar-refractivity contribution in [2.45, 2.75) is 31.7 Å². The Kier molecular flexibility index (Phi) is 3.96. The molecule has 1 aromatic heterocycles. The molecule has 0 aliphatic heterocycles. The number of hydrogen-bond acceptors (Lipinski definition) is 2. The summed E-state index contributed by atoms with van der Waals surface area (Å²) in [6, 6.07) is 12.7. The average Bonchev–Trinajstić information content (AvgIpc) is 3.16. The molecule has 22 heavy (non-hydrogen) atoms. The summed E-state index contributed by atoms with van der Waals surface area (Å²) in [6.45, 7) is 0. The zero-order chi connectivity index (χ0) is 15.5. The van der Waals surface area contributed by atoms with Gasteiger partial charge in [0, 0.05) is 11.6 Å². The van der Waals surface area contributed by atoms with Crippen LogP contribution in [0.3, 0.4) is 0 Å². The van der Waals surface area contributed by atoms with Gasteiger partial charge in [-0.3, -0.25) is 9.59 Å². The molecule has 0 atom stereocenters. The molecule has 0 bridgehead atoms. The number of rotatable bonds is 4. The van der Waals surface area contributed by atoms with Crippen LogP contribution in [0.5, 0.6) is 0 Å². The number of carbonyl (C=O) groups excluding carboxylic acids is 2. The maximum Gasteiger partial charge on any atom is 0.265 e. The maximum absolute atomic E-state index is 12.3. The van der Waals surface area contributed by atoms with Gasteiger partial charge >= 0.3 is 0 Å². The van der Waals surface area contributed by atoms with E-state index in [4.69, 9.17) is 5.73 Å². The lowest BCUT2D eigenvalue weighted by atomic mass is 10.2. The molecule has 5 nitrogen and oxygen atoms in total. The van der Waals surface area contributed by atoms with Crippen molar-refractivity contribution >= 4 is 17.6 Å². The molecular formula is C17H19N3O2. The first-order valence-corrected chi connectivity index (χ1v) is 7.54. The van der Waals surface area contributed by atoms with E-state index >= 15 is 0 Å². The Morgan fingerprint density at radius 2 is 1.73 bits per heavy atom. The second kappa shape index (κ2) is 6.05. The summed E-state index contributed by atoms with van der Waals surface area (Å²) in [5.41, 5.74) is 6.50. The highest BCUT2D eigenvalue weighted by atomic mass is 16.2. The van der Waals surface area contributed by atoms with Crippen molar-refractivity contribution in [1.82, 2.24) is 4.57 Å². The third kappa shape index (κ3) is 2.74. The minimum Gasteiger partial charge on any atom is -0.364 e. The van der Waals surface area contributed by atoms with Crippen LogP contribution in [0.25, 0.3) is 0 Å². The van der Waals surface area contributed by atoms with Crippen molar-refractivity contribution in [1.29, 1.82) is 0 Å². The van der Waals surface area contributed by atoms with E-state index in [1.165, 1.54) is 0 Å². The largest absolute Gasteiger partial charge is 0.364 e. The maximum atomic E-state index is 12.3. The van der Waals surface area contributed by atoms with E-state index in [1.54, 1.807) is 24.3 Å². The number of nitrogens with two attached hydrogens (primary N) is 1. The van der Waals surface area contributed by atoms with Crippen LogP contribution in [-0.4, -0.2) is 16.4 Å². The quantitative estimate of drug-likeness (QED) is 0.910. The fourth-order valence-corrected chi connectivity index (χ4v) is 3.08. The van der Waals surface area contributed by atoms with E-state index < -0.39 is 5.91 Å². The first-order chi connectivity index (χ1) is 10.7. The Morgan fingerprint density at radius 1 is 1.05 bits per heavy atom. The molecule has 3 rings (SSSR count). The molecule has 1 fully saturated rings. The second-order valence-corrected chi connectivity index (χ2v) is 5.60. The van der Waals surface area contributed by atoms with Gasteiger partial charge in [-0.1, -0.05) is 31.0 Å². The lowest BCUT2D eigenvalue weighted by molar-refractivity contribution is 0.0985. The highest BCUT2D eigenvalue weighted by Gasteiger charge is 2.24. The number of carbonyl (C=O) groups is 2. The molecule has 0 unspecified atom stereocenters. The van der Waals surface area contributed by atoms with Crippen LogP contribution in [-0.2, 0) is 0 Å². The SMILES string of the molecule is NC(=O)c1ccc(NC(=O)c2ccccc2)n1C1CCCC1. The molecule has 1 aliphatic carbocycles. The first kappa shape index (κ1) is 14.4. The third-order valence-corrected chi connectivity index (χ3v) is 4.14. The molecule has 1 aliphatic rings. The molecule has 2 aromatic rings. The Balaban J connectivity index is 1.90. The number of nitrogens with one attached hydrogen (secondary N) is 1. The summed E-state index contributed by atoms with van der Waals surface area (Å²) in [7, 11) is 0. The topological polar surface area (TPSA) is 77.1 Å². The predicted octanol–water partition coefficient (Wildman–Crippen LogP) is 2.95. The summed E-state index contributed by atoms with van der Waals surface area (Å²) < 4.78 is 1.89. The number of primary amides is 1. The molecule has 3 N–H and O–H groups in total. The van der Waals surface area contributed by atoms with Crippen LogP contribution in [0.1, 0.15) is 52.6 Å².